The average Bonchev–Trinajstić information content (AvgIpc) is 2.15. The molecule has 0 aliphatic heterocycles. The van der Waals surface area contributed by atoms with Gasteiger partial charge in [0, 0.05) is 14.4 Å². The van der Waals surface area contributed by atoms with Crippen LogP contribution in [0.2, 0.25) is 0 Å². The zero-order valence-corrected chi connectivity index (χ0v) is 11.4. The van der Waals surface area contributed by atoms with Crippen LogP contribution in [0, 0.1) is 11.8 Å². The van der Waals surface area contributed by atoms with Crippen molar-refractivity contribution in [3.63, 3.8) is 0 Å². The summed E-state index contributed by atoms with van der Waals surface area (Å²) in [6, 6.07) is 0. The van der Waals surface area contributed by atoms with Gasteiger partial charge in [-0.25, -0.2) is 0 Å². The molecule has 0 heterocycles. The second-order valence-electron chi connectivity index (χ2n) is 4.42. The van der Waals surface area contributed by atoms with E-state index in [1.807, 2.05) is 0 Å². The summed E-state index contributed by atoms with van der Waals surface area (Å²) in [7, 11) is 0.786. The Balaban J connectivity index is 4.04. The molecule has 0 amide bonds. The topological polar surface area (TPSA) is 12.4 Å². The number of hydrogen-bond acceptors (Lipinski definition) is 1. The van der Waals surface area contributed by atoms with Crippen LogP contribution in [-0.2, 0) is 0 Å². The van der Waals surface area contributed by atoms with Crippen molar-refractivity contribution in [2.24, 2.45) is 16.6 Å². The van der Waals surface area contributed by atoms with Crippen molar-refractivity contribution in [1.82, 2.24) is 0 Å². The largest absolute Gasteiger partial charge is 0.273 e. The first-order valence-electron chi connectivity index (χ1n) is 5.91. The zero-order valence-electron chi connectivity index (χ0n) is 10.4. The zero-order chi connectivity index (χ0) is 11.0. The molecule has 84 valence electrons. The van der Waals surface area contributed by atoms with E-state index in [0.29, 0.717) is 5.92 Å². The van der Waals surface area contributed by atoms with E-state index in [1.54, 1.807) is 0 Å². The van der Waals surface area contributed by atoms with E-state index in [-0.39, 0.29) is 0 Å². The molecule has 2 heteroatoms. The molecule has 0 saturated carbocycles. The van der Waals surface area contributed by atoms with Crippen molar-refractivity contribution in [3.05, 3.63) is 0 Å². The van der Waals surface area contributed by atoms with Gasteiger partial charge in [0.1, 0.15) is 0 Å². The number of hydrogen-bond donors (Lipinski definition) is 0. The Bertz CT molecular complexity index is 164. The molecule has 0 saturated heterocycles. The predicted molar refractivity (Wildman–Crippen MR) is 69.8 cm³/mol. The van der Waals surface area contributed by atoms with Crippen molar-refractivity contribution in [2.45, 2.75) is 53.9 Å². The lowest BCUT2D eigenvalue weighted by Gasteiger charge is -2.12. The Labute approximate surface area is 91.6 Å². The highest BCUT2D eigenvalue weighted by molar-refractivity contribution is 7.36. The molecule has 0 N–H and O–H groups in total. The molecule has 14 heavy (non-hydrogen) atoms. The molecular formula is C12H26NP. The van der Waals surface area contributed by atoms with Crippen molar-refractivity contribution in [1.29, 1.82) is 0 Å². The molecule has 0 aromatic carbocycles. The van der Waals surface area contributed by atoms with Crippen LogP contribution in [0.1, 0.15) is 53.9 Å². The van der Waals surface area contributed by atoms with Crippen LogP contribution in [0.15, 0.2) is 4.76 Å². The van der Waals surface area contributed by atoms with E-state index in [1.165, 1.54) is 31.1 Å². The van der Waals surface area contributed by atoms with Gasteiger partial charge in [-0.05, 0) is 30.8 Å². The van der Waals surface area contributed by atoms with Crippen LogP contribution in [-0.4, -0.2) is 11.9 Å². The fourth-order valence-electron chi connectivity index (χ4n) is 1.23. The summed E-state index contributed by atoms with van der Waals surface area (Å²) in [5, 5.41) is 0. The van der Waals surface area contributed by atoms with Crippen molar-refractivity contribution < 1.29 is 0 Å². The lowest BCUT2D eigenvalue weighted by atomic mass is 9.99. The van der Waals surface area contributed by atoms with Gasteiger partial charge in [-0.3, -0.25) is 4.76 Å². The molecule has 0 aromatic heterocycles. The van der Waals surface area contributed by atoms with E-state index in [4.69, 9.17) is 4.76 Å². The van der Waals surface area contributed by atoms with E-state index in [9.17, 15) is 0 Å². The average molecular weight is 215 g/mol. The third-order valence-electron chi connectivity index (χ3n) is 2.41. The Morgan fingerprint density at radius 3 is 2.29 bits per heavy atom. The first kappa shape index (κ1) is 14.1. The summed E-state index contributed by atoms with van der Waals surface area (Å²) in [5.41, 5.74) is 1.45. The molecule has 0 spiro atoms. The van der Waals surface area contributed by atoms with Crippen LogP contribution in [0.3, 0.4) is 0 Å². The minimum absolute atomic E-state index is 0.689. The van der Waals surface area contributed by atoms with Crippen molar-refractivity contribution in [2.75, 3.05) is 6.16 Å². The molecule has 0 bridgehead atoms. The third-order valence-corrected chi connectivity index (χ3v) is 3.85. The Hall–Kier alpha value is 0.100. The van der Waals surface area contributed by atoms with Crippen molar-refractivity contribution in [3.8, 4) is 0 Å². The van der Waals surface area contributed by atoms with Crippen LogP contribution in [0.5, 0.6) is 0 Å². The SMILES string of the molecule is CCC/C(=N\PCC(C)C)C(C)CC. The van der Waals surface area contributed by atoms with Gasteiger partial charge in [-0.2, -0.15) is 0 Å². The number of nitrogens with zero attached hydrogens (tertiary/aromatic N) is 1. The highest BCUT2D eigenvalue weighted by Gasteiger charge is 2.06. The summed E-state index contributed by atoms with van der Waals surface area (Å²) >= 11 is 0. The van der Waals surface area contributed by atoms with Gasteiger partial charge in [0.25, 0.3) is 0 Å². The molecule has 2 atom stereocenters. The van der Waals surface area contributed by atoms with Crippen molar-refractivity contribution >= 4 is 14.4 Å². The fraction of sp³-hybridized carbons (Fsp3) is 0.917. The summed E-state index contributed by atoms with van der Waals surface area (Å²) in [6.07, 6.45) is 4.91. The molecule has 2 unspecified atom stereocenters. The van der Waals surface area contributed by atoms with E-state index < -0.39 is 0 Å². The Morgan fingerprint density at radius 2 is 1.86 bits per heavy atom. The van der Waals surface area contributed by atoms with Crippen LogP contribution < -0.4 is 0 Å². The smallest absolute Gasteiger partial charge is 0.0192 e. The van der Waals surface area contributed by atoms with Gasteiger partial charge in [-0.1, -0.05) is 41.0 Å². The maximum atomic E-state index is 4.77. The number of rotatable bonds is 7. The molecular weight excluding hydrogens is 189 g/mol. The van der Waals surface area contributed by atoms with E-state index in [2.05, 4.69) is 34.6 Å². The Morgan fingerprint density at radius 1 is 1.21 bits per heavy atom. The summed E-state index contributed by atoms with van der Waals surface area (Å²) < 4.78 is 4.77. The fourth-order valence-corrected chi connectivity index (χ4v) is 2.23. The maximum Gasteiger partial charge on any atom is 0.0192 e. The van der Waals surface area contributed by atoms with Gasteiger partial charge in [0.15, 0.2) is 0 Å². The maximum absolute atomic E-state index is 4.77. The molecule has 0 fully saturated rings. The second kappa shape index (κ2) is 8.41. The first-order chi connectivity index (χ1) is 6.61. The molecule has 0 aliphatic rings. The van der Waals surface area contributed by atoms with Crippen LogP contribution in [0.25, 0.3) is 0 Å². The molecule has 1 nitrogen and oxygen atoms in total. The standard InChI is InChI=1S/C12H26NP/c1-6-8-12(11(5)7-2)13-14-9-10(3)4/h10-11,14H,6-9H2,1-5H3/b13-12+. The van der Waals surface area contributed by atoms with Crippen LogP contribution >= 0.6 is 8.73 Å². The van der Waals surface area contributed by atoms with Crippen LogP contribution in [0.4, 0.5) is 0 Å². The lowest BCUT2D eigenvalue weighted by Crippen LogP contribution is -2.09. The summed E-state index contributed by atoms with van der Waals surface area (Å²) in [4.78, 5) is 0. The molecule has 0 radical (unpaired) electrons. The lowest BCUT2D eigenvalue weighted by molar-refractivity contribution is 0.717. The summed E-state index contributed by atoms with van der Waals surface area (Å²) in [6.45, 7) is 11.3. The molecule has 0 aliphatic carbocycles. The highest BCUT2D eigenvalue weighted by Crippen LogP contribution is 2.21. The minimum atomic E-state index is 0.689. The van der Waals surface area contributed by atoms with E-state index in [0.717, 1.165) is 14.6 Å². The highest BCUT2D eigenvalue weighted by atomic mass is 31.1. The molecule has 0 rings (SSSR count). The first-order valence-corrected chi connectivity index (χ1v) is 7.06. The normalized spacial score (nSPS) is 15.7. The monoisotopic (exact) mass is 215 g/mol. The quantitative estimate of drug-likeness (QED) is 0.437. The predicted octanol–water partition coefficient (Wildman–Crippen LogP) is 4.52. The van der Waals surface area contributed by atoms with Gasteiger partial charge in [0.05, 0.1) is 0 Å². The minimum Gasteiger partial charge on any atom is -0.273 e. The molecule has 0 aromatic rings. The summed E-state index contributed by atoms with van der Waals surface area (Å²) in [5.74, 6) is 1.48. The third kappa shape index (κ3) is 6.54. The Kier molecular flexibility index (Phi) is 8.47. The second-order valence-corrected chi connectivity index (χ2v) is 5.37. The van der Waals surface area contributed by atoms with E-state index >= 15 is 0 Å². The van der Waals surface area contributed by atoms with Gasteiger partial charge in [0.2, 0.25) is 0 Å². The van der Waals surface area contributed by atoms with Gasteiger partial charge in [-0.15, -0.1) is 0 Å². The van der Waals surface area contributed by atoms with Gasteiger partial charge < -0.3 is 0 Å². The van der Waals surface area contributed by atoms with Gasteiger partial charge >= 0.3 is 0 Å².